The van der Waals surface area contributed by atoms with Crippen molar-refractivity contribution in [3.05, 3.63) is 18.2 Å². The lowest BCUT2D eigenvalue weighted by molar-refractivity contribution is -0.678. The number of nitrogens with zero attached hydrogens (tertiary/aromatic N) is 2. The average Bonchev–Trinajstić information content (AvgIpc) is 3.19. The number of hydrogen-bond acceptors (Lipinski definition) is 0. The summed E-state index contributed by atoms with van der Waals surface area (Å²) in [5.41, 5.74) is 0. The van der Waals surface area contributed by atoms with Gasteiger partial charge in [-0.05, 0) is 19.3 Å². The molecule has 0 spiro atoms. The highest BCUT2D eigenvalue weighted by Gasteiger charge is 2.13. The smallest absolute Gasteiger partial charge is 0.237 e. The van der Waals surface area contributed by atoms with Gasteiger partial charge in [-0.3, -0.25) is 0 Å². The van der Waals surface area contributed by atoms with Crippen molar-refractivity contribution in [2.24, 2.45) is 7.05 Å². The Balaban J connectivity index is 1.96. The van der Waals surface area contributed by atoms with Crippen molar-refractivity contribution in [1.29, 1.82) is 0 Å². The van der Waals surface area contributed by atoms with E-state index in [4.69, 9.17) is 0 Å². The van der Waals surface area contributed by atoms with Crippen LogP contribution in [-0.2, 0) is 20.0 Å². The second-order valence-corrected chi connectivity index (χ2v) is 11.0. The van der Waals surface area contributed by atoms with Gasteiger partial charge in [0.25, 0.3) is 5.82 Å². The molecule has 0 N–H and O–H groups in total. The molecule has 2 nitrogen and oxygen atoms in total. The quantitative estimate of drug-likeness (QED) is 0.0930. The topological polar surface area (TPSA) is 8.81 Å². The van der Waals surface area contributed by atoms with Gasteiger partial charge in [-0.2, -0.15) is 0 Å². The monoisotopic (exact) mass is 475 g/mol. The van der Waals surface area contributed by atoms with E-state index in [9.17, 15) is 0 Å². The predicted octanol–water partition coefficient (Wildman–Crippen LogP) is 10.3. The zero-order valence-electron chi connectivity index (χ0n) is 23.9. The Labute approximate surface area is 215 Å². The molecule has 0 aliphatic rings. The minimum atomic E-state index is 1.21. The summed E-state index contributed by atoms with van der Waals surface area (Å²) in [5.74, 6) is 1.54. The highest BCUT2D eigenvalue weighted by atomic mass is 15.1. The molecule has 0 fully saturated rings. The van der Waals surface area contributed by atoms with Crippen LogP contribution in [0.5, 0.6) is 0 Å². The Kier molecular flexibility index (Phi) is 22.0. The summed E-state index contributed by atoms with van der Waals surface area (Å²) in [6.07, 6.45) is 40.2. The van der Waals surface area contributed by atoms with Gasteiger partial charge in [0.15, 0.2) is 0 Å². The average molecular weight is 476 g/mol. The molecule has 200 valence electrons. The number of rotatable bonds is 26. The molecule has 0 aliphatic carbocycles. The predicted molar refractivity (Wildman–Crippen MR) is 151 cm³/mol. The molecular formula is C32H63N2+. The summed E-state index contributed by atoms with van der Waals surface area (Å²) in [4.78, 5) is 0. The second kappa shape index (κ2) is 23.9. The lowest BCUT2D eigenvalue weighted by atomic mass is 10.0. The van der Waals surface area contributed by atoms with Crippen LogP contribution in [0, 0.1) is 0 Å². The van der Waals surface area contributed by atoms with Gasteiger partial charge in [0.2, 0.25) is 0 Å². The standard InChI is InChI=1S/C32H63N2/c1-4-6-8-10-12-14-16-17-18-20-22-24-26-28-32-33(3)30-31-34(32)29-27-25-23-21-19-15-13-11-9-7-5-2/h30-31H,4-29H2,1-3H3/q+1. The molecule has 0 atom stereocenters. The van der Waals surface area contributed by atoms with Gasteiger partial charge in [0, 0.05) is 6.42 Å². The van der Waals surface area contributed by atoms with Crippen LogP contribution in [0.25, 0.3) is 0 Å². The SMILES string of the molecule is CCCCCCCCCCCCCCCc1n(CCCCCCCCCCCCC)cc[n+]1C. The maximum atomic E-state index is 2.54. The van der Waals surface area contributed by atoms with Crippen molar-refractivity contribution in [3.63, 3.8) is 0 Å². The van der Waals surface area contributed by atoms with E-state index in [0.717, 1.165) is 0 Å². The van der Waals surface area contributed by atoms with E-state index < -0.39 is 0 Å². The van der Waals surface area contributed by atoms with Crippen LogP contribution >= 0.6 is 0 Å². The maximum Gasteiger partial charge on any atom is 0.256 e. The summed E-state index contributed by atoms with van der Waals surface area (Å²) in [6, 6.07) is 0. The van der Waals surface area contributed by atoms with Crippen molar-refractivity contribution >= 4 is 0 Å². The van der Waals surface area contributed by atoms with E-state index in [-0.39, 0.29) is 0 Å². The first kappa shape index (κ1) is 31.2. The fourth-order valence-corrected chi connectivity index (χ4v) is 5.33. The zero-order chi connectivity index (χ0) is 24.5. The summed E-state index contributed by atoms with van der Waals surface area (Å²) >= 11 is 0. The molecule has 0 amide bonds. The number of unbranched alkanes of at least 4 members (excludes halogenated alkanes) is 22. The Bertz CT molecular complexity index is 533. The van der Waals surface area contributed by atoms with E-state index >= 15 is 0 Å². The van der Waals surface area contributed by atoms with Gasteiger partial charge >= 0.3 is 0 Å². The lowest BCUT2D eigenvalue weighted by Crippen LogP contribution is -2.32. The van der Waals surface area contributed by atoms with Crippen LogP contribution in [0.2, 0.25) is 0 Å². The van der Waals surface area contributed by atoms with Gasteiger partial charge < -0.3 is 0 Å². The van der Waals surface area contributed by atoms with Crippen molar-refractivity contribution < 1.29 is 4.57 Å². The van der Waals surface area contributed by atoms with Gasteiger partial charge in [0.1, 0.15) is 12.4 Å². The molecule has 1 aromatic heterocycles. The van der Waals surface area contributed by atoms with Crippen molar-refractivity contribution in [2.45, 2.75) is 181 Å². The second-order valence-electron chi connectivity index (χ2n) is 11.0. The molecule has 1 aromatic rings. The van der Waals surface area contributed by atoms with Crippen molar-refractivity contribution in [1.82, 2.24) is 4.57 Å². The molecular weight excluding hydrogens is 412 g/mol. The molecule has 0 saturated carbocycles. The Hall–Kier alpha value is -0.790. The normalized spacial score (nSPS) is 11.5. The minimum absolute atomic E-state index is 1.21. The highest BCUT2D eigenvalue weighted by molar-refractivity contribution is 4.84. The third-order valence-electron chi connectivity index (χ3n) is 7.72. The largest absolute Gasteiger partial charge is 0.256 e. The van der Waals surface area contributed by atoms with E-state index in [1.54, 1.807) is 0 Å². The highest BCUT2D eigenvalue weighted by Crippen LogP contribution is 2.14. The Morgan fingerprint density at radius 2 is 0.853 bits per heavy atom. The van der Waals surface area contributed by atoms with Crippen LogP contribution in [0.3, 0.4) is 0 Å². The van der Waals surface area contributed by atoms with Crippen LogP contribution in [0.4, 0.5) is 0 Å². The minimum Gasteiger partial charge on any atom is -0.237 e. The molecule has 2 heteroatoms. The molecule has 0 unspecified atom stereocenters. The van der Waals surface area contributed by atoms with Crippen LogP contribution in [0.15, 0.2) is 12.4 Å². The molecule has 0 bridgehead atoms. The summed E-state index contributed by atoms with van der Waals surface area (Å²) < 4.78 is 4.90. The number of aromatic nitrogens is 2. The fourth-order valence-electron chi connectivity index (χ4n) is 5.33. The van der Waals surface area contributed by atoms with Crippen LogP contribution in [0.1, 0.15) is 174 Å². The Morgan fingerprint density at radius 1 is 0.500 bits per heavy atom. The first-order chi connectivity index (χ1) is 16.8. The molecule has 1 heterocycles. The van der Waals surface area contributed by atoms with E-state index in [2.05, 4.69) is 42.4 Å². The number of imidazole rings is 1. The zero-order valence-corrected chi connectivity index (χ0v) is 23.9. The molecule has 1 rings (SSSR count). The maximum absolute atomic E-state index is 2.54. The molecule has 0 radical (unpaired) electrons. The van der Waals surface area contributed by atoms with Crippen LogP contribution in [-0.4, -0.2) is 4.57 Å². The summed E-state index contributed by atoms with van der Waals surface area (Å²) in [5, 5.41) is 0. The Morgan fingerprint density at radius 3 is 1.26 bits per heavy atom. The first-order valence-corrected chi connectivity index (χ1v) is 15.8. The number of aryl methyl sites for hydroxylation is 2. The first-order valence-electron chi connectivity index (χ1n) is 15.8. The van der Waals surface area contributed by atoms with E-state index in [1.807, 2.05) is 0 Å². The molecule has 0 aromatic carbocycles. The van der Waals surface area contributed by atoms with Gasteiger partial charge in [0.05, 0.1) is 13.6 Å². The third-order valence-corrected chi connectivity index (χ3v) is 7.72. The van der Waals surface area contributed by atoms with E-state index in [1.165, 1.54) is 173 Å². The molecule has 34 heavy (non-hydrogen) atoms. The van der Waals surface area contributed by atoms with E-state index in [0.29, 0.717) is 0 Å². The van der Waals surface area contributed by atoms with Gasteiger partial charge in [-0.15, -0.1) is 0 Å². The van der Waals surface area contributed by atoms with Crippen molar-refractivity contribution in [2.75, 3.05) is 0 Å². The fraction of sp³-hybridized carbons (Fsp3) is 0.906. The summed E-state index contributed by atoms with van der Waals surface area (Å²) in [6.45, 7) is 5.82. The molecule has 0 saturated heterocycles. The van der Waals surface area contributed by atoms with Gasteiger partial charge in [-0.1, -0.05) is 149 Å². The molecule has 0 aliphatic heterocycles. The van der Waals surface area contributed by atoms with Crippen molar-refractivity contribution in [3.8, 4) is 0 Å². The van der Waals surface area contributed by atoms with Gasteiger partial charge in [-0.25, -0.2) is 9.13 Å². The third kappa shape index (κ3) is 17.6. The van der Waals surface area contributed by atoms with Crippen LogP contribution < -0.4 is 4.57 Å². The number of hydrogen-bond donors (Lipinski definition) is 0. The summed E-state index contributed by atoms with van der Waals surface area (Å²) in [7, 11) is 2.23. The lowest BCUT2D eigenvalue weighted by Gasteiger charge is -2.05.